The Morgan fingerprint density at radius 2 is 1.62 bits per heavy atom. The monoisotopic (exact) mass is 217 g/mol. The van der Waals surface area contributed by atoms with Crippen LogP contribution in [0.2, 0.25) is 0 Å². The molecule has 1 aromatic rings. The minimum absolute atomic E-state index is 0.310. The van der Waals surface area contributed by atoms with E-state index in [1.165, 1.54) is 5.56 Å². The molecular weight excluding hydrogens is 194 g/mol. The van der Waals surface area contributed by atoms with Crippen LogP contribution < -0.4 is 5.73 Å². The predicted molar refractivity (Wildman–Crippen MR) is 69.3 cm³/mol. The van der Waals surface area contributed by atoms with Gasteiger partial charge in [-0.05, 0) is 28.7 Å². The average molecular weight is 217 g/mol. The van der Waals surface area contributed by atoms with E-state index in [0.717, 1.165) is 0 Å². The molecule has 0 saturated heterocycles. The maximum atomic E-state index is 6.22. The molecule has 1 saturated carbocycles. The summed E-state index contributed by atoms with van der Waals surface area (Å²) in [5.41, 5.74) is 7.98. The van der Waals surface area contributed by atoms with Gasteiger partial charge in [-0.25, -0.2) is 0 Å². The van der Waals surface area contributed by atoms with Crippen molar-refractivity contribution in [2.45, 2.75) is 39.7 Å². The van der Waals surface area contributed by atoms with E-state index in [4.69, 9.17) is 5.73 Å². The van der Waals surface area contributed by atoms with E-state index in [-0.39, 0.29) is 0 Å². The van der Waals surface area contributed by atoms with Crippen molar-refractivity contribution in [3.8, 4) is 0 Å². The number of hydrogen-bond donors (Lipinski definition) is 1. The Hall–Kier alpha value is -0.820. The highest BCUT2D eigenvalue weighted by Crippen LogP contribution is 2.59. The van der Waals surface area contributed by atoms with Gasteiger partial charge in [0.2, 0.25) is 0 Å². The van der Waals surface area contributed by atoms with Crippen molar-refractivity contribution in [3.63, 3.8) is 0 Å². The molecule has 2 N–H and O–H groups in total. The van der Waals surface area contributed by atoms with Crippen LogP contribution in [0.15, 0.2) is 30.3 Å². The summed E-state index contributed by atoms with van der Waals surface area (Å²) in [6.07, 6.45) is 0. The molecule has 0 radical (unpaired) electrons. The second kappa shape index (κ2) is 3.89. The number of benzene rings is 1. The molecule has 2 rings (SSSR count). The van der Waals surface area contributed by atoms with Crippen molar-refractivity contribution in [2.75, 3.05) is 0 Å². The number of hydrogen-bond acceptors (Lipinski definition) is 1. The van der Waals surface area contributed by atoms with E-state index in [0.29, 0.717) is 29.2 Å². The van der Waals surface area contributed by atoms with Crippen LogP contribution in [0.1, 0.15) is 39.2 Å². The SMILES string of the molecule is CC(C)C(c1ccccc1)[C@H]1[C@H](N)C1(C)C. The summed E-state index contributed by atoms with van der Waals surface area (Å²) in [6.45, 7) is 9.19. The first kappa shape index (κ1) is 11.7. The van der Waals surface area contributed by atoms with E-state index < -0.39 is 0 Å². The summed E-state index contributed by atoms with van der Waals surface area (Å²) in [4.78, 5) is 0. The molecule has 1 aromatic carbocycles. The van der Waals surface area contributed by atoms with Crippen LogP contribution in [-0.4, -0.2) is 6.04 Å². The van der Waals surface area contributed by atoms with Gasteiger partial charge in [-0.2, -0.15) is 0 Å². The first-order valence-corrected chi connectivity index (χ1v) is 6.26. The summed E-state index contributed by atoms with van der Waals surface area (Å²) < 4.78 is 0. The second-order valence-corrected chi connectivity index (χ2v) is 6.05. The summed E-state index contributed by atoms with van der Waals surface area (Å²) in [5, 5.41) is 0. The third kappa shape index (κ3) is 1.78. The van der Waals surface area contributed by atoms with Gasteiger partial charge in [0.15, 0.2) is 0 Å². The largest absolute Gasteiger partial charge is 0.327 e. The fourth-order valence-electron chi connectivity index (χ4n) is 3.09. The van der Waals surface area contributed by atoms with Crippen LogP contribution >= 0.6 is 0 Å². The maximum Gasteiger partial charge on any atom is 0.0134 e. The van der Waals surface area contributed by atoms with Gasteiger partial charge in [0.25, 0.3) is 0 Å². The second-order valence-electron chi connectivity index (χ2n) is 6.05. The number of rotatable bonds is 3. The molecule has 1 unspecified atom stereocenters. The van der Waals surface area contributed by atoms with Gasteiger partial charge in [-0.15, -0.1) is 0 Å². The van der Waals surface area contributed by atoms with Gasteiger partial charge in [0.05, 0.1) is 0 Å². The molecule has 3 atom stereocenters. The maximum absolute atomic E-state index is 6.22. The van der Waals surface area contributed by atoms with E-state index in [2.05, 4.69) is 58.0 Å². The quantitative estimate of drug-likeness (QED) is 0.825. The van der Waals surface area contributed by atoms with Crippen LogP contribution in [-0.2, 0) is 0 Å². The zero-order valence-corrected chi connectivity index (χ0v) is 10.8. The third-order valence-electron chi connectivity index (χ3n) is 4.29. The van der Waals surface area contributed by atoms with E-state index in [1.54, 1.807) is 0 Å². The summed E-state index contributed by atoms with van der Waals surface area (Å²) in [7, 11) is 0. The lowest BCUT2D eigenvalue weighted by Crippen LogP contribution is -2.14. The van der Waals surface area contributed by atoms with Gasteiger partial charge < -0.3 is 5.73 Å². The normalized spacial score (nSPS) is 29.1. The molecule has 1 heteroatoms. The van der Waals surface area contributed by atoms with Crippen molar-refractivity contribution in [1.82, 2.24) is 0 Å². The third-order valence-corrected chi connectivity index (χ3v) is 4.29. The predicted octanol–water partition coefficient (Wildman–Crippen LogP) is 3.41. The first-order chi connectivity index (χ1) is 7.46. The minimum Gasteiger partial charge on any atom is -0.327 e. The van der Waals surface area contributed by atoms with Gasteiger partial charge in [-0.3, -0.25) is 0 Å². The molecule has 88 valence electrons. The van der Waals surface area contributed by atoms with Crippen molar-refractivity contribution in [1.29, 1.82) is 0 Å². The van der Waals surface area contributed by atoms with E-state index in [1.807, 2.05) is 0 Å². The van der Waals surface area contributed by atoms with E-state index >= 15 is 0 Å². The molecule has 0 heterocycles. The Labute approximate surface area is 99.0 Å². The highest BCUT2D eigenvalue weighted by atomic mass is 14.8. The summed E-state index contributed by atoms with van der Waals surface area (Å²) in [5.74, 6) is 1.89. The summed E-state index contributed by atoms with van der Waals surface area (Å²) >= 11 is 0. The molecule has 0 bridgehead atoms. The van der Waals surface area contributed by atoms with Crippen molar-refractivity contribution in [2.24, 2.45) is 23.0 Å². The first-order valence-electron chi connectivity index (χ1n) is 6.26. The Morgan fingerprint density at radius 3 is 2.00 bits per heavy atom. The van der Waals surface area contributed by atoms with Gasteiger partial charge in [-0.1, -0.05) is 58.0 Å². The Bertz CT molecular complexity index is 353. The highest BCUT2D eigenvalue weighted by Gasteiger charge is 2.59. The molecule has 0 aromatic heterocycles. The van der Waals surface area contributed by atoms with Crippen LogP contribution in [0.25, 0.3) is 0 Å². The average Bonchev–Trinajstić information content (AvgIpc) is 2.70. The Kier molecular flexibility index (Phi) is 2.83. The molecular formula is C15H23N. The van der Waals surface area contributed by atoms with Crippen LogP contribution in [0.4, 0.5) is 0 Å². The lowest BCUT2D eigenvalue weighted by atomic mass is 9.82. The molecule has 1 aliphatic carbocycles. The van der Waals surface area contributed by atoms with Crippen molar-refractivity contribution >= 4 is 0 Å². The lowest BCUT2D eigenvalue weighted by Gasteiger charge is -2.23. The zero-order valence-electron chi connectivity index (χ0n) is 10.8. The van der Waals surface area contributed by atoms with E-state index in [9.17, 15) is 0 Å². The summed E-state index contributed by atoms with van der Waals surface area (Å²) in [6, 6.07) is 11.2. The zero-order chi connectivity index (χ0) is 11.9. The highest BCUT2D eigenvalue weighted by molar-refractivity contribution is 5.27. The molecule has 1 fully saturated rings. The molecule has 0 spiro atoms. The van der Waals surface area contributed by atoms with Crippen LogP contribution in [0.3, 0.4) is 0 Å². The smallest absolute Gasteiger partial charge is 0.0134 e. The lowest BCUT2D eigenvalue weighted by molar-refractivity contribution is 0.393. The van der Waals surface area contributed by atoms with Gasteiger partial charge in [0.1, 0.15) is 0 Å². The van der Waals surface area contributed by atoms with Crippen LogP contribution in [0.5, 0.6) is 0 Å². The molecule has 0 amide bonds. The number of nitrogens with two attached hydrogens (primary N) is 1. The fourth-order valence-corrected chi connectivity index (χ4v) is 3.09. The fraction of sp³-hybridized carbons (Fsp3) is 0.600. The molecule has 16 heavy (non-hydrogen) atoms. The van der Waals surface area contributed by atoms with Crippen molar-refractivity contribution in [3.05, 3.63) is 35.9 Å². The Morgan fingerprint density at radius 1 is 1.12 bits per heavy atom. The van der Waals surface area contributed by atoms with Crippen molar-refractivity contribution < 1.29 is 0 Å². The molecule has 1 nitrogen and oxygen atoms in total. The molecule has 0 aliphatic heterocycles. The minimum atomic E-state index is 0.310. The molecule has 1 aliphatic rings. The topological polar surface area (TPSA) is 26.0 Å². The van der Waals surface area contributed by atoms with Gasteiger partial charge >= 0.3 is 0 Å². The Balaban J connectivity index is 2.27. The van der Waals surface area contributed by atoms with Crippen LogP contribution in [0, 0.1) is 17.3 Å². The van der Waals surface area contributed by atoms with Gasteiger partial charge in [0, 0.05) is 6.04 Å². The standard InChI is InChI=1S/C15H23N/c1-10(2)12(11-8-6-5-7-9-11)13-14(16)15(13,3)4/h5-10,12-14H,16H2,1-4H3/t12?,13-,14-/m0/s1.